The Labute approximate surface area is 140 Å². The number of nitriles is 1. The fourth-order valence-corrected chi connectivity index (χ4v) is 2.77. The van der Waals surface area contributed by atoms with Crippen LogP contribution in [0, 0.1) is 11.3 Å². The molecule has 3 heteroatoms. The van der Waals surface area contributed by atoms with Crippen molar-refractivity contribution in [2.45, 2.75) is 66.2 Å². The predicted molar refractivity (Wildman–Crippen MR) is 96.5 cm³/mol. The summed E-state index contributed by atoms with van der Waals surface area (Å²) in [7, 11) is 0. The normalized spacial score (nSPS) is 12.1. The van der Waals surface area contributed by atoms with Crippen LogP contribution in [0.1, 0.15) is 77.3 Å². The molecule has 0 unspecified atom stereocenters. The van der Waals surface area contributed by atoms with Gasteiger partial charge in [-0.1, -0.05) is 45.9 Å². The third-order valence-electron chi connectivity index (χ3n) is 4.05. The Morgan fingerprint density at radius 1 is 1.13 bits per heavy atom. The molecule has 0 aliphatic carbocycles. The number of ketones is 1. The average molecular weight is 312 g/mol. The maximum atomic E-state index is 11.9. The van der Waals surface area contributed by atoms with Crippen molar-refractivity contribution in [2.75, 3.05) is 5.32 Å². The summed E-state index contributed by atoms with van der Waals surface area (Å²) in [5.41, 5.74) is 5.16. The first-order valence-corrected chi connectivity index (χ1v) is 8.27. The van der Waals surface area contributed by atoms with Crippen LogP contribution < -0.4 is 5.32 Å². The molecule has 0 atom stereocenters. The smallest absolute Gasteiger partial charge is 0.157 e. The average Bonchev–Trinajstić information content (AvgIpc) is 2.46. The number of anilines is 1. The molecule has 3 nitrogen and oxygen atoms in total. The van der Waals surface area contributed by atoms with Crippen molar-refractivity contribution in [3.63, 3.8) is 0 Å². The highest BCUT2D eigenvalue weighted by Gasteiger charge is 2.16. The minimum Gasteiger partial charge on any atom is -0.358 e. The van der Waals surface area contributed by atoms with Gasteiger partial charge in [-0.05, 0) is 43.2 Å². The number of Topliss-reactive ketones (excluding diaryl/α,β-unsaturated/α-hetero) is 1. The van der Waals surface area contributed by atoms with Crippen LogP contribution in [-0.2, 0) is 4.79 Å². The van der Waals surface area contributed by atoms with Crippen LogP contribution in [-0.4, -0.2) is 5.78 Å². The molecule has 1 aromatic rings. The molecule has 23 heavy (non-hydrogen) atoms. The second kappa shape index (κ2) is 8.53. The Morgan fingerprint density at radius 3 is 2.04 bits per heavy atom. The molecule has 1 N–H and O–H groups in total. The van der Waals surface area contributed by atoms with E-state index in [1.807, 2.05) is 6.92 Å². The third kappa shape index (κ3) is 4.96. The monoisotopic (exact) mass is 312 g/mol. The molecule has 0 radical (unpaired) electrons. The molecule has 0 aliphatic rings. The summed E-state index contributed by atoms with van der Waals surface area (Å²) < 4.78 is 0. The van der Waals surface area contributed by atoms with Crippen molar-refractivity contribution in [3.8, 4) is 6.07 Å². The van der Waals surface area contributed by atoms with E-state index in [0.29, 0.717) is 30.3 Å². The minimum atomic E-state index is 0.0263. The van der Waals surface area contributed by atoms with Crippen LogP contribution in [0.4, 0.5) is 5.69 Å². The predicted octanol–water partition coefficient (Wildman–Crippen LogP) is 5.51. The van der Waals surface area contributed by atoms with Gasteiger partial charge in [-0.2, -0.15) is 5.26 Å². The first-order chi connectivity index (χ1) is 10.8. The number of benzene rings is 1. The number of nitrogens with one attached hydrogen (secondary N) is 1. The molecule has 0 saturated carbocycles. The number of hydrogen-bond donors (Lipinski definition) is 1. The lowest BCUT2D eigenvalue weighted by Crippen LogP contribution is -2.11. The van der Waals surface area contributed by atoms with E-state index in [0.717, 1.165) is 11.4 Å². The summed E-state index contributed by atoms with van der Waals surface area (Å²) in [6, 6.07) is 8.48. The molecule has 0 aromatic heterocycles. The van der Waals surface area contributed by atoms with Crippen LogP contribution in [0.2, 0.25) is 0 Å². The van der Waals surface area contributed by atoms with Gasteiger partial charge >= 0.3 is 0 Å². The Kier molecular flexibility index (Phi) is 7.03. The second-order valence-corrected chi connectivity index (χ2v) is 6.56. The topological polar surface area (TPSA) is 52.9 Å². The minimum absolute atomic E-state index is 0.0263. The molecule has 0 saturated heterocycles. The zero-order valence-corrected chi connectivity index (χ0v) is 15.2. The lowest BCUT2D eigenvalue weighted by Gasteiger charge is -2.22. The summed E-state index contributed by atoms with van der Waals surface area (Å²) >= 11 is 0. The molecule has 1 rings (SSSR count). The molecule has 124 valence electrons. The molecular formula is C20H28N2O. The van der Waals surface area contributed by atoms with E-state index in [1.165, 1.54) is 11.1 Å². The van der Waals surface area contributed by atoms with E-state index < -0.39 is 0 Å². The van der Waals surface area contributed by atoms with E-state index in [1.54, 1.807) is 6.92 Å². The quantitative estimate of drug-likeness (QED) is 0.675. The number of para-hydroxylation sites is 1. The zero-order valence-electron chi connectivity index (χ0n) is 15.2. The Bertz CT molecular complexity index is 607. The number of nitrogens with zero attached hydrogens (tertiary/aromatic N) is 1. The van der Waals surface area contributed by atoms with Crippen LogP contribution >= 0.6 is 0 Å². The van der Waals surface area contributed by atoms with Crippen molar-refractivity contribution >= 4 is 11.5 Å². The van der Waals surface area contributed by atoms with E-state index in [4.69, 9.17) is 5.26 Å². The van der Waals surface area contributed by atoms with Crippen molar-refractivity contribution in [2.24, 2.45) is 0 Å². The Hall–Kier alpha value is -2.08. The van der Waals surface area contributed by atoms with Gasteiger partial charge in [-0.15, -0.1) is 0 Å². The number of rotatable bonds is 7. The Balaban J connectivity index is 3.35. The summed E-state index contributed by atoms with van der Waals surface area (Å²) in [6.07, 6.45) is 0.850. The standard InChI is InChI=1S/C20H28N2O/c1-13(2)17-9-7-10-18(14(3)4)20(17)22-15(5)19(16(6)23)11-8-12-21/h7,9-10,13-14,22H,8,11H2,1-6H3/b19-15+. The summed E-state index contributed by atoms with van der Waals surface area (Å²) in [4.78, 5) is 11.9. The van der Waals surface area contributed by atoms with Gasteiger partial charge in [0.2, 0.25) is 0 Å². The number of hydrogen-bond acceptors (Lipinski definition) is 3. The van der Waals surface area contributed by atoms with Gasteiger partial charge in [0.25, 0.3) is 0 Å². The first-order valence-electron chi connectivity index (χ1n) is 8.27. The van der Waals surface area contributed by atoms with Crippen molar-refractivity contribution in [1.29, 1.82) is 5.26 Å². The molecule has 0 spiro atoms. The van der Waals surface area contributed by atoms with Gasteiger partial charge in [0.1, 0.15) is 0 Å². The van der Waals surface area contributed by atoms with Gasteiger partial charge in [0, 0.05) is 23.4 Å². The van der Waals surface area contributed by atoms with Gasteiger partial charge in [0.05, 0.1) is 6.07 Å². The maximum Gasteiger partial charge on any atom is 0.157 e. The SMILES string of the molecule is CC(=O)/C(CCC#N)=C(\C)Nc1c(C(C)C)cccc1C(C)C. The first kappa shape index (κ1) is 19.0. The fourth-order valence-electron chi connectivity index (χ4n) is 2.77. The van der Waals surface area contributed by atoms with Gasteiger partial charge in [0.15, 0.2) is 5.78 Å². The van der Waals surface area contributed by atoms with Crippen molar-refractivity contribution in [1.82, 2.24) is 0 Å². The van der Waals surface area contributed by atoms with Crippen LogP contribution in [0.15, 0.2) is 29.5 Å². The second-order valence-electron chi connectivity index (χ2n) is 6.56. The maximum absolute atomic E-state index is 11.9. The van der Waals surface area contributed by atoms with E-state index >= 15 is 0 Å². The van der Waals surface area contributed by atoms with Gasteiger partial charge in [-0.25, -0.2) is 0 Å². The molecule has 0 aliphatic heterocycles. The lowest BCUT2D eigenvalue weighted by molar-refractivity contribution is -0.113. The van der Waals surface area contributed by atoms with Gasteiger partial charge < -0.3 is 5.32 Å². The Morgan fingerprint density at radius 2 is 1.65 bits per heavy atom. The fraction of sp³-hybridized carbons (Fsp3) is 0.500. The third-order valence-corrected chi connectivity index (χ3v) is 4.05. The number of allylic oxidation sites excluding steroid dienone is 2. The van der Waals surface area contributed by atoms with E-state index in [2.05, 4.69) is 57.3 Å². The van der Waals surface area contributed by atoms with Crippen LogP contribution in [0.25, 0.3) is 0 Å². The molecular weight excluding hydrogens is 284 g/mol. The molecule has 0 heterocycles. The van der Waals surface area contributed by atoms with Crippen LogP contribution in [0.3, 0.4) is 0 Å². The highest BCUT2D eigenvalue weighted by atomic mass is 16.1. The summed E-state index contributed by atoms with van der Waals surface area (Å²) in [6.45, 7) is 12.2. The summed E-state index contributed by atoms with van der Waals surface area (Å²) in [5, 5.41) is 12.3. The van der Waals surface area contributed by atoms with Crippen molar-refractivity contribution < 1.29 is 4.79 Å². The largest absolute Gasteiger partial charge is 0.358 e. The molecule has 0 bridgehead atoms. The van der Waals surface area contributed by atoms with Gasteiger partial charge in [-0.3, -0.25) is 4.79 Å². The van der Waals surface area contributed by atoms with Crippen LogP contribution in [0.5, 0.6) is 0 Å². The molecule has 1 aromatic carbocycles. The highest BCUT2D eigenvalue weighted by Crippen LogP contribution is 2.33. The molecule has 0 fully saturated rings. The zero-order chi connectivity index (χ0) is 17.6. The lowest BCUT2D eigenvalue weighted by atomic mass is 9.92. The van der Waals surface area contributed by atoms with E-state index in [-0.39, 0.29) is 5.78 Å². The number of carbonyl (C=O) groups is 1. The summed E-state index contributed by atoms with van der Waals surface area (Å²) in [5.74, 6) is 0.811. The van der Waals surface area contributed by atoms with Crippen molar-refractivity contribution in [3.05, 3.63) is 40.6 Å². The molecule has 0 amide bonds. The highest BCUT2D eigenvalue weighted by molar-refractivity contribution is 5.94. The number of carbonyl (C=O) groups excluding carboxylic acids is 1. The van der Waals surface area contributed by atoms with E-state index in [9.17, 15) is 4.79 Å².